The second-order valence-corrected chi connectivity index (χ2v) is 24.2. The topological polar surface area (TPSA) is 95.9 Å². The van der Waals surface area contributed by atoms with E-state index >= 15 is 0 Å². The summed E-state index contributed by atoms with van der Waals surface area (Å²) in [6.07, 6.45) is 81.3. The van der Waals surface area contributed by atoms with E-state index in [0.717, 1.165) is 38.5 Å². The maximum absolute atomic E-state index is 12.5. The smallest absolute Gasteiger partial charge is 0.305 e. The summed E-state index contributed by atoms with van der Waals surface area (Å²) in [5.41, 5.74) is 0. The van der Waals surface area contributed by atoms with Crippen LogP contribution in [-0.4, -0.2) is 47.4 Å². The fraction of sp³-hybridized carbons (Fsp3) is 0.943. The van der Waals surface area contributed by atoms with Crippen molar-refractivity contribution in [1.29, 1.82) is 0 Å². The van der Waals surface area contributed by atoms with Gasteiger partial charge in [-0.1, -0.05) is 366 Å². The van der Waals surface area contributed by atoms with Crippen LogP contribution in [0.15, 0.2) is 12.2 Å². The van der Waals surface area contributed by atoms with Crippen LogP contribution in [-0.2, 0) is 14.3 Å². The lowest BCUT2D eigenvalue weighted by molar-refractivity contribution is -0.143. The number of hydrogen-bond acceptors (Lipinski definition) is 5. The van der Waals surface area contributed by atoms with Gasteiger partial charge in [0.15, 0.2) is 0 Å². The average molecular weight is 1070 g/mol. The predicted octanol–water partition coefficient (Wildman–Crippen LogP) is 22.4. The Bertz CT molecular complexity index is 1140. The highest BCUT2D eigenvalue weighted by atomic mass is 16.5. The summed E-state index contributed by atoms with van der Waals surface area (Å²) >= 11 is 0. The number of nitrogens with one attached hydrogen (secondary N) is 1. The van der Waals surface area contributed by atoms with Gasteiger partial charge in [-0.2, -0.15) is 0 Å². The number of hydrogen-bond donors (Lipinski definition) is 3. The summed E-state index contributed by atoms with van der Waals surface area (Å²) in [6, 6.07) is -0.630. The minimum atomic E-state index is -0.846. The summed E-state index contributed by atoms with van der Waals surface area (Å²) in [7, 11) is 0. The number of aliphatic hydroxyl groups excluding tert-OH is 2. The molecule has 6 nitrogen and oxygen atoms in total. The zero-order chi connectivity index (χ0) is 55.0. The van der Waals surface area contributed by atoms with Crippen LogP contribution in [0.4, 0.5) is 0 Å². The van der Waals surface area contributed by atoms with Gasteiger partial charge < -0.3 is 20.3 Å². The molecule has 452 valence electrons. The molecule has 0 bridgehead atoms. The van der Waals surface area contributed by atoms with E-state index in [9.17, 15) is 19.8 Å². The van der Waals surface area contributed by atoms with E-state index in [1.807, 2.05) is 6.08 Å². The zero-order valence-corrected chi connectivity index (χ0v) is 51.8. The van der Waals surface area contributed by atoms with E-state index in [1.54, 1.807) is 6.08 Å². The lowest BCUT2D eigenvalue weighted by Crippen LogP contribution is -2.45. The standard InChI is InChI=1S/C70H137NO5/c1-3-5-7-9-11-13-15-17-19-21-22-23-24-27-31-34-38-42-46-50-54-58-62-68(73)67(66-72)71-69(74)63-59-55-51-47-43-39-35-32-28-25-26-29-33-37-41-45-49-53-57-61-65-76-70(75)64-60-56-52-48-44-40-36-30-20-18-16-14-12-10-8-6-4-2/h58,62,67-68,72-73H,3-57,59-61,63-66H2,1-2H3,(H,71,74)/b62-58+. The van der Waals surface area contributed by atoms with Gasteiger partial charge in [0.2, 0.25) is 5.91 Å². The van der Waals surface area contributed by atoms with Crippen molar-refractivity contribution in [3.63, 3.8) is 0 Å². The van der Waals surface area contributed by atoms with Crippen LogP contribution in [0.3, 0.4) is 0 Å². The fourth-order valence-electron chi connectivity index (χ4n) is 11.2. The summed E-state index contributed by atoms with van der Waals surface area (Å²) in [5.74, 6) is -0.0499. The van der Waals surface area contributed by atoms with Gasteiger partial charge in [0, 0.05) is 12.8 Å². The molecule has 0 saturated carbocycles. The molecule has 0 heterocycles. The van der Waals surface area contributed by atoms with Crippen molar-refractivity contribution in [3.05, 3.63) is 12.2 Å². The van der Waals surface area contributed by atoms with Gasteiger partial charge in [-0.25, -0.2) is 0 Å². The van der Waals surface area contributed by atoms with Gasteiger partial charge in [-0.05, 0) is 32.1 Å². The molecule has 3 N–H and O–H groups in total. The molecule has 0 radical (unpaired) electrons. The molecule has 6 heteroatoms. The Morgan fingerprint density at radius 1 is 0.355 bits per heavy atom. The lowest BCUT2D eigenvalue weighted by Gasteiger charge is -2.20. The molecule has 76 heavy (non-hydrogen) atoms. The first-order valence-electron chi connectivity index (χ1n) is 35.0. The normalized spacial score (nSPS) is 12.5. The number of carbonyl (C=O) groups excluding carboxylic acids is 2. The highest BCUT2D eigenvalue weighted by molar-refractivity contribution is 5.76. The van der Waals surface area contributed by atoms with Crippen LogP contribution in [0.5, 0.6) is 0 Å². The Kier molecular flexibility index (Phi) is 64.9. The van der Waals surface area contributed by atoms with Gasteiger partial charge in [0.25, 0.3) is 0 Å². The Hall–Kier alpha value is -1.40. The van der Waals surface area contributed by atoms with Crippen molar-refractivity contribution < 1.29 is 24.5 Å². The molecule has 2 atom stereocenters. The fourth-order valence-corrected chi connectivity index (χ4v) is 11.2. The minimum Gasteiger partial charge on any atom is -0.466 e. The molecule has 0 saturated heterocycles. The third-order valence-electron chi connectivity index (χ3n) is 16.6. The van der Waals surface area contributed by atoms with Gasteiger partial charge in [0.05, 0.1) is 25.4 Å². The summed E-state index contributed by atoms with van der Waals surface area (Å²) < 4.78 is 5.50. The number of ether oxygens (including phenoxy) is 1. The maximum Gasteiger partial charge on any atom is 0.305 e. The molecular weight excluding hydrogens is 935 g/mol. The van der Waals surface area contributed by atoms with Crippen LogP contribution in [0.25, 0.3) is 0 Å². The van der Waals surface area contributed by atoms with Crippen LogP contribution in [0.1, 0.15) is 399 Å². The molecule has 2 unspecified atom stereocenters. The highest BCUT2D eigenvalue weighted by Crippen LogP contribution is 2.19. The van der Waals surface area contributed by atoms with Gasteiger partial charge in [0.1, 0.15) is 0 Å². The Morgan fingerprint density at radius 2 is 0.605 bits per heavy atom. The van der Waals surface area contributed by atoms with Crippen LogP contribution in [0.2, 0.25) is 0 Å². The largest absolute Gasteiger partial charge is 0.466 e. The van der Waals surface area contributed by atoms with Crippen molar-refractivity contribution >= 4 is 11.9 Å². The second-order valence-electron chi connectivity index (χ2n) is 24.2. The Labute approximate surface area is 476 Å². The number of amides is 1. The van der Waals surface area contributed by atoms with Gasteiger partial charge in [-0.15, -0.1) is 0 Å². The second kappa shape index (κ2) is 66.1. The Balaban J connectivity index is 3.40. The van der Waals surface area contributed by atoms with Gasteiger partial charge in [-0.3, -0.25) is 9.59 Å². The SMILES string of the molecule is CCCCCCCCCCCCCCCCCCCCCC/C=C/C(O)C(CO)NC(=O)CCCCCCCCCCCCCCCCCCCCCCOC(=O)CCCCCCCCCCCCCCCCCCC. The Morgan fingerprint density at radius 3 is 0.895 bits per heavy atom. The van der Waals surface area contributed by atoms with Crippen molar-refractivity contribution in [1.82, 2.24) is 5.32 Å². The first-order valence-corrected chi connectivity index (χ1v) is 35.0. The summed E-state index contributed by atoms with van der Waals surface area (Å²) in [4.78, 5) is 24.6. The van der Waals surface area contributed by atoms with E-state index in [4.69, 9.17) is 4.74 Å². The first kappa shape index (κ1) is 74.6. The van der Waals surface area contributed by atoms with Crippen molar-refractivity contribution in [3.8, 4) is 0 Å². The number of esters is 1. The summed E-state index contributed by atoms with van der Waals surface area (Å²) in [5, 5.41) is 23.3. The zero-order valence-electron chi connectivity index (χ0n) is 51.8. The van der Waals surface area contributed by atoms with Crippen molar-refractivity contribution in [2.45, 2.75) is 411 Å². The molecule has 0 aliphatic heterocycles. The number of carbonyl (C=O) groups is 2. The number of aliphatic hydroxyl groups is 2. The van der Waals surface area contributed by atoms with Crippen LogP contribution >= 0.6 is 0 Å². The monoisotopic (exact) mass is 1070 g/mol. The quantitative estimate of drug-likeness (QED) is 0.0320. The molecule has 0 spiro atoms. The summed E-state index contributed by atoms with van der Waals surface area (Å²) in [6.45, 7) is 4.95. The number of allylic oxidation sites excluding steroid dienone is 1. The predicted molar refractivity (Wildman–Crippen MR) is 333 cm³/mol. The molecule has 0 aromatic heterocycles. The number of unbranched alkanes of at least 4 members (excludes halogenated alkanes) is 55. The van der Waals surface area contributed by atoms with Crippen LogP contribution in [0, 0.1) is 0 Å². The van der Waals surface area contributed by atoms with E-state index in [2.05, 4.69) is 19.2 Å². The molecule has 0 aliphatic carbocycles. The van der Waals surface area contributed by atoms with E-state index in [0.29, 0.717) is 19.4 Å². The number of rotatable bonds is 66. The molecule has 0 rings (SSSR count). The maximum atomic E-state index is 12.5. The van der Waals surface area contributed by atoms with Crippen molar-refractivity contribution in [2.75, 3.05) is 13.2 Å². The average Bonchev–Trinajstić information content (AvgIpc) is 3.42. The first-order chi connectivity index (χ1) is 37.5. The molecule has 0 aliphatic rings. The molecule has 0 aromatic rings. The van der Waals surface area contributed by atoms with E-state index in [-0.39, 0.29) is 18.5 Å². The van der Waals surface area contributed by atoms with Gasteiger partial charge >= 0.3 is 5.97 Å². The lowest BCUT2D eigenvalue weighted by atomic mass is 10.0. The van der Waals surface area contributed by atoms with Crippen molar-refractivity contribution in [2.24, 2.45) is 0 Å². The van der Waals surface area contributed by atoms with Crippen LogP contribution < -0.4 is 5.32 Å². The van der Waals surface area contributed by atoms with E-state index in [1.165, 1.54) is 334 Å². The third-order valence-corrected chi connectivity index (χ3v) is 16.6. The highest BCUT2D eigenvalue weighted by Gasteiger charge is 2.18. The van der Waals surface area contributed by atoms with E-state index < -0.39 is 12.1 Å². The molecule has 0 fully saturated rings. The molecular formula is C70H137NO5. The molecule has 0 aromatic carbocycles. The minimum absolute atomic E-state index is 0.0151. The third kappa shape index (κ3) is 61.8. The molecule has 1 amide bonds.